The van der Waals surface area contributed by atoms with Crippen LogP contribution in [0.1, 0.15) is 42.9 Å². The van der Waals surface area contributed by atoms with Gasteiger partial charge in [-0.1, -0.05) is 6.92 Å². The Kier molecular flexibility index (Phi) is 5.27. The maximum atomic E-state index is 12.4. The minimum atomic E-state index is -0.0960. The third-order valence-corrected chi connectivity index (χ3v) is 4.39. The van der Waals surface area contributed by atoms with Gasteiger partial charge < -0.3 is 10.2 Å². The summed E-state index contributed by atoms with van der Waals surface area (Å²) < 4.78 is 0. The molecule has 0 spiro atoms. The molecule has 1 N–H and O–H groups in total. The van der Waals surface area contributed by atoms with Crippen LogP contribution in [-0.4, -0.2) is 27.9 Å². The van der Waals surface area contributed by atoms with Gasteiger partial charge in [0.15, 0.2) is 0 Å². The molecule has 2 rings (SSSR count). The summed E-state index contributed by atoms with van der Waals surface area (Å²) in [7, 11) is 1.82. The van der Waals surface area contributed by atoms with Gasteiger partial charge in [0.2, 0.25) is 0 Å². The molecule has 0 radical (unpaired) electrons. The summed E-state index contributed by atoms with van der Waals surface area (Å²) in [6.07, 6.45) is 6.10. The average Bonchev–Trinajstić information content (AvgIpc) is 3.03. The maximum Gasteiger partial charge on any atom is 0.318 e. The quantitative estimate of drug-likeness (QED) is 0.921. The molecule has 0 bridgehead atoms. The molecule has 0 saturated carbocycles. The van der Waals surface area contributed by atoms with E-state index in [2.05, 4.69) is 22.2 Å². The van der Waals surface area contributed by atoms with Crippen LogP contribution in [0.3, 0.4) is 0 Å². The SMILES string of the molecule is CC[C@H](c1ccncc1)N(C)C(=O)N[C@H](C)c1nccs1. The molecule has 0 aliphatic rings. The minimum Gasteiger partial charge on any atom is -0.329 e. The van der Waals surface area contributed by atoms with Crippen molar-refractivity contribution in [3.05, 3.63) is 46.7 Å². The number of carbonyl (C=O) groups excluding carboxylic acids is 1. The van der Waals surface area contributed by atoms with Crippen LogP contribution < -0.4 is 5.32 Å². The number of hydrogen-bond donors (Lipinski definition) is 1. The summed E-state index contributed by atoms with van der Waals surface area (Å²) in [6.45, 7) is 4.01. The summed E-state index contributed by atoms with van der Waals surface area (Å²) in [6, 6.07) is 3.75. The number of thiazole rings is 1. The van der Waals surface area contributed by atoms with Gasteiger partial charge in [0.05, 0.1) is 12.1 Å². The Bertz CT molecular complexity index is 558. The molecule has 2 atom stereocenters. The van der Waals surface area contributed by atoms with Gasteiger partial charge >= 0.3 is 6.03 Å². The highest BCUT2D eigenvalue weighted by atomic mass is 32.1. The number of amides is 2. The Hall–Kier alpha value is -1.95. The van der Waals surface area contributed by atoms with Crippen LogP contribution in [0.2, 0.25) is 0 Å². The summed E-state index contributed by atoms with van der Waals surface area (Å²) in [5.41, 5.74) is 1.09. The zero-order valence-electron chi connectivity index (χ0n) is 12.5. The lowest BCUT2D eigenvalue weighted by Gasteiger charge is -2.28. The fourth-order valence-electron chi connectivity index (χ4n) is 2.26. The van der Waals surface area contributed by atoms with E-state index in [1.54, 1.807) is 34.8 Å². The lowest BCUT2D eigenvalue weighted by atomic mass is 10.1. The van der Waals surface area contributed by atoms with Crippen molar-refractivity contribution < 1.29 is 4.79 Å². The molecule has 0 fully saturated rings. The third kappa shape index (κ3) is 3.78. The van der Waals surface area contributed by atoms with E-state index in [4.69, 9.17) is 0 Å². The molecule has 2 aromatic rings. The first-order valence-corrected chi connectivity index (χ1v) is 7.84. The van der Waals surface area contributed by atoms with Crippen LogP contribution in [0, 0.1) is 0 Å². The number of urea groups is 1. The molecule has 0 saturated heterocycles. The number of rotatable bonds is 5. The molecule has 0 aromatic carbocycles. The lowest BCUT2D eigenvalue weighted by molar-refractivity contribution is 0.185. The molecule has 2 amide bonds. The Balaban J connectivity index is 2.04. The standard InChI is InChI=1S/C15H20N4OS/c1-4-13(12-5-7-16-8-6-12)19(3)15(20)18-11(2)14-17-9-10-21-14/h5-11,13H,4H2,1-3H3,(H,18,20)/t11-,13-/m1/s1. The minimum absolute atomic E-state index is 0.0384. The van der Waals surface area contributed by atoms with Gasteiger partial charge in [0.25, 0.3) is 0 Å². The van der Waals surface area contributed by atoms with Gasteiger partial charge in [-0.05, 0) is 31.0 Å². The predicted octanol–water partition coefficient (Wildman–Crippen LogP) is 3.39. The number of aromatic nitrogens is 2. The van der Waals surface area contributed by atoms with Crippen LogP contribution in [0.15, 0.2) is 36.1 Å². The van der Waals surface area contributed by atoms with Crippen LogP contribution >= 0.6 is 11.3 Å². The second kappa shape index (κ2) is 7.17. The average molecular weight is 304 g/mol. The van der Waals surface area contributed by atoms with Crippen molar-refractivity contribution in [1.29, 1.82) is 0 Å². The van der Waals surface area contributed by atoms with E-state index in [-0.39, 0.29) is 18.1 Å². The summed E-state index contributed by atoms with van der Waals surface area (Å²) >= 11 is 1.54. The Labute approximate surface area is 129 Å². The summed E-state index contributed by atoms with van der Waals surface area (Å²) in [4.78, 5) is 22.4. The second-order valence-corrected chi connectivity index (χ2v) is 5.78. The Morgan fingerprint density at radius 3 is 2.67 bits per heavy atom. The zero-order chi connectivity index (χ0) is 15.2. The molecule has 2 heterocycles. The molecule has 0 aliphatic carbocycles. The van der Waals surface area contributed by atoms with Crippen molar-refractivity contribution in [3.8, 4) is 0 Å². The molecule has 0 unspecified atom stereocenters. The smallest absolute Gasteiger partial charge is 0.318 e. The van der Waals surface area contributed by atoms with Gasteiger partial charge in [0, 0.05) is 31.0 Å². The fourth-order valence-corrected chi connectivity index (χ4v) is 2.90. The molecular weight excluding hydrogens is 284 g/mol. The first-order chi connectivity index (χ1) is 10.1. The molecule has 21 heavy (non-hydrogen) atoms. The van der Waals surface area contributed by atoms with Crippen molar-refractivity contribution in [2.24, 2.45) is 0 Å². The van der Waals surface area contributed by atoms with E-state index in [9.17, 15) is 4.79 Å². The normalized spacial score (nSPS) is 13.5. The largest absolute Gasteiger partial charge is 0.329 e. The topological polar surface area (TPSA) is 58.1 Å². The zero-order valence-corrected chi connectivity index (χ0v) is 13.3. The number of hydrogen-bond acceptors (Lipinski definition) is 4. The van der Waals surface area contributed by atoms with Gasteiger partial charge in [-0.2, -0.15) is 0 Å². The van der Waals surface area contributed by atoms with E-state index in [0.717, 1.165) is 17.0 Å². The fraction of sp³-hybridized carbons (Fsp3) is 0.400. The second-order valence-electron chi connectivity index (χ2n) is 4.86. The monoisotopic (exact) mass is 304 g/mol. The number of nitrogens with one attached hydrogen (secondary N) is 1. The van der Waals surface area contributed by atoms with E-state index in [1.807, 2.05) is 31.5 Å². The van der Waals surface area contributed by atoms with Gasteiger partial charge in [-0.25, -0.2) is 9.78 Å². The van der Waals surface area contributed by atoms with Crippen LogP contribution in [-0.2, 0) is 0 Å². The van der Waals surface area contributed by atoms with Crippen molar-refractivity contribution in [3.63, 3.8) is 0 Å². The van der Waals surface area contributed by atoms with Crippen molar-refractivity contribution in [1.82, 2.24) is 20.2 Å². The van der Waals surface area contributed by atoms with E-state index >= 15 is 0 Å². The van der Waals surface area contributed by atoms with Crippen LogP contribution in [0.5, 0.6) is 0 Å². The highest BCUT2D eigenvalue weighted by Crippen LogP contribution is 2.23. The summed E-state index contributed by atoms with van der Waals surface area (Å²) in [5, 5.41) is 5.81. The number of pyridine rings is 1. The molecule has 5 nitrogen and oxygen atoms in total. The van der Waals surface area contributed by atoms with E-state index in [0.29, 0.717) is 0 Å². The number of nitrogens with zero attached hydrogens (tertiary/aromatic N) is 3. The molecular formula is C15H20N4OS. The molecule has 0 aliphatic heterocycles. The first-order valence-electron chi connectivity index (χ1n) is 6.96. The molecule has 6 heteroatoms. The highest BCUT2D eigenvalue weighted by molar-refractivity contribution is 7.09. The first kappa shape index (κ1) is 15.4. The number of carbonyl (C=O) groups is 1. The van der Waals surface area contributed by atoms with Crippen LogP contribution in [0.25, 0.3) is 0 Å². The molecule has 2 aromatic heterocycles. The third-order valence-electron chi connectivity index (χ3n) is 3.43. The van der Waals surface area contributed by atoms with Gasteiger partial charge in [-0.3, -0.25) is 4.98 Å². The van der Waals surface area contributed by atoms with Gasteiger partial charge in [-0.15, -0.1) is 11.3 Å². The Morgan fingerprint density at radius 1 is 1.38 bits per heavy atom. The van der Waals surface area contributed by atoms with E-state index < -0.39 is 0 Å². The van der Waals surface area contributed by atoms with Gasteiger partial charge in [0.1, 0.15) is 5.01 Å². The van der Waals surface area contributed by atoms with Crippen LogP contribution in [0.4, 0.5) is 4.79 Å². The Morgan fingerprint density at radius 2 is 2.10 bits per heavy atom. The highest BCUT2D eigenvalue weighted by Gasteiger charge is 2.22. The maximum absolute atomic E-state index is 12.4. The van der Waals surface area contributed by atoms with Crippen molar-refractivity contribution in [2.75, 3.05) is 7.05 Å². The summed E-state index contributed by atoms with van der Waals surface area (Å²) in [5.74, 6) is 0. The molecule has 112 valence electrons. The van der Waals surface area contributed by atoms with Crippen molar-refractivity contribution >= 4 is 17.4 Å². The van der Waals surface area contributed by atoms with Crippen molar-refractivity contribution in [2.45, 2.75) is 32.4 Å². The lowest BCUT2D eigenvalue weighted by Crippen LogP contribution is -2.40. The predicted molar refractivity (Wildman–Crippen MR) is 84.1 cm³/mol. The van der Waals surface area contributed by atoms with E-state index in [1.165, 1.54) is 0 Å².